The van der Waals surface area contributed by atoms with Crippen molar-refractivity contribution in [2.75, 3.05) is 19.8 Å². The maximum absolute atomic E-state index is 11.4. The second-order valence-electron chi connectivity index (χ2n) is 4.87. The van der Waals surface area contributed by atoms with E-state index in [0.717, 1.165) is 0 Å². The van der Waals surface area contributed by atoms with Crippen LogP contribution in [0, 0.1) is 11.8 Å². The van der Waals surface area contributed by atoms with Crippen molar-refractivity contribution in [1.29, 1.82) is 0 Å². The molecule has 0 bridgehead atoms. The third-order valence-electron chi connectivity index (χ3n) is 1.95. The fraction of sp³-hybridized carbons (Fsp3) is 0.917. The SMILES string of the molecule is CC(C)COCCOC(=O)[C@@H](N)CC(C)C. The normalized spacial score (nSPS) is 13.2. The van der Waals surface area contributed by atoms with E-state index in [-0.39, 0.29) is 12.6 Å². The minimum atomic E-state index is -0.509. The van der Waals surface area contributed by atoms with Crippen molar-refractivity contribution in [2.24, 2.45) is 17.6 Å². The van der Waals surface area contributed by atoms with Gasteiger partial charge < -0.3 is 15.2 Å². The van der Waals surface area contributed by atoms with E-state index < -0.39 is 6.04 Å². The minimum absolute atomic E-state index is 0.289. The Kier molecular flexibility index (Phi) is 8.21. The Morgan fingerprint density at radius 1 is 1.12 bits per heavy atom. The lowest BCUT2D eigenvalue weighted by Crippen LogP contribution is -2.34. The van der Waals surface area contributed by atoms with E-state index in [0.29, 0.717) is 31.5 Å². The highest BCUT2D eigenvalue weighted by Crippen LogP contribution is 2.03. The Labute approximate surface area is 98.5 Å². The van der Waals surface area contributed by atoms with Gasteiger partial charge in [-0.05, 0) is 18.3 Å². The maximum atomic E-state index is 11.4. The third kappa shape index (κ3) is 8.68. The lowest BCUT2D eigenvalue weighted by molar-refractivity contribution is -0.147. The fourth-order valence-corrected chi connectivity index (χ4v) is 1.23. The van der Waals surface area contributed by atoms with Gasteiger partial charge in [-0.3, -0.25) is 4.79 Å². The molecule has 4 heteroatoms. The van der Waals surface area contributed by atoms with Crippen molar-refractivity contribution < 1.29 is 14.3 Å². The molecule has 0 saturated heterocycles. The molecule has 0 saturated carbocycles. The van der Waals surface area contributed by atoms with Gasteiger partial charge in [0.1, 0.15) is 12.6 Å². The second kappa shape index (κ2) is 8.53. The fourth-order valence-electron chi connectivity index (χ4n) is 1.23. The quantitative estimate of drug-likeness (QED) is 0.509. The summed E-state index contributed by atoms with van der Waals surface area (Å²) < 4.78 is 10.3. The summed E-state index contributed by atoms with van der Waals surface area (Å²) in [5.74, 6) is 0.570. The van der Waals surface area contributed by atoms with Crippen LogP contribution >= 0.6 is 0 Å². The second-order valence-corrected chi connectivity index (χ2v) is 4.87. The molecule has 16 heavy (non-hydrogen) atoms. The van der Waals surface area contributed by atoms with Crippen molar-refractivity contribution in [1.82, 2.24) is 0 Å². The first-order valence-corrected chi connectivity index (χ1v) is 5.93. The van der Waals surface area contributed by atoms with Gasteiger partial charge in [-0.1, -0.05) is 27.7 Å². The molecule has 0 unspecified atom stereocenters. The van der Waals surface area contributed by atoms with Gasteiger partial charge in [-0.25, -0.2) is 0 Å². The number of esters is 1. The molecular formula is C12H25NO3. The monoisotopic (exact) mass is 231 g/mol. The Morgan fingerprint density at radius 2 is 1.75 bits per heavy atom. The predicted molar refractivity (Wildman–Crippen MR) is 64.0 cm³/mol. The smallest absolute Gasteiger partial charge is 0.322 e. The van der Waals surface area contributed by atoms with E-state index in [2.05, 4.69) is 13.8 Å². The van der Waals surface area contributed by atoms with Gasteiger partial charge in [0.15, 0.2) is 0 Å². The first kappa shape index (κ1) is 15.4. The maximum Gasteiger partial charge on any atom is 0.322 e. The summed E-state index contributed by atoms with van der Waals surface area (Å²) in [6.45, 7) is 9.62. The molecule has 0 heterocycles. The Hall–Kier alpha value is -0.610. The standard InChI is InChI=1S/C12H25NO3/c1-9(2)7-11(13)12(14)16-6-5-15-8-10(3)4/h9-11H,5-8,13H2,1-4H3/t11-/m0/s1. The number of rotatable bonds is 8. The highest BCUT2D eigenvalue weighted by molar-refractivity contribution is 5.75. The van der Waals surface area contributed by atoms with Crippen LogP contribution in [-0.4, -0.2) is 31.8 Å². The molecule has 1 atom stereocenters. The first-order chi connectivity index (χ1) is 7.43. The number of hydrogen-bond acceptors (Lipinski definition) is 4. The lowest BCUT2D eigenvalue weighted by atomic mass is 10.1. The van der Waals surface area contributed by atoms with Gasteiger partial charge >= 0.3 is 5.97 Å². The number of carbonyl (C=O) groups is 1. The van der Waals surface area contributed by atoms with Crippen LogP contribution < -0.4 is 5.73 Å². The summed E-state index contributed by atoms with van der Waals surface area (Å²) in [5.41, 5.74) is 5.67. The van der Waals surface area contributed by atoms with Gasteiger partial charge in [0, 0.05) is 6.61 Å². The van der Waals surface area contributed by atoms with E-state index in [1.807, 2.05) is 13.8 Å². The summed E-state index contributed by atoms with van der Waals surface area (Å²) >= 11 is 0. The topological polar surface area (TPSA) is 61.5 Å². The molecule has 0 spiro atoms. The molecule has 96 valence electrons. The molecule has 4 nitrogen and oxygen atoms in total. The number of hydrogen-bond donors (Lipinski definition) is 1. The molecule has 2 N–H and O–H groups in total. The Morgan fingerprint density at radius 3 is 2.25 bits per heavy atom. The molecule has 0 aromatic rings. The first-order valence-electron chi connectivity index (χ1n) is 5.93. The zero-order chi connectivity index (χ0) is 12.6. The van der Waals surface area contributed by atoms with Gasteiger partial charge in [-0.15, -0.1) is 0 Å². The van der Waals surface area contributed by atoms with Crippen LogP contribution in [0.25, 0.3) is 0 Å². The predicted octanol–water partition coefficient (Wildman–Crippen LogP) is 1.58. The van der Waals surface area contributed by atoms with E-state index in [1.54, 1.807) is 0 Å². The molecule has 0 rings (SSSR count). The van der Waals surface area contributed by atoms with Crippen LogP contribution in [0.5, 0.6) is 0 Å². The summed E-state index contributed by atoms with van der Waals surface area (Å²) in [5, 5.41) is 0. The molecule has 0 amide bonds. The molecule has 0 aromatic carbocycles. The van der Waals surface area contributed by atoms with Crippen LogP contribution in [-0.2, 0) is 14.3 Å². The zero-order valence-corrected chi connectivity index (χ0v) is 10.9. The highest BCUT2D eigenvalue weighted by Gasteiger charge is 2.15. The molecule has 0 radical (unpaired) electrons. The molecule has 0 aliphatic heterocycles. The van der Waals surface area contributed by atoms with E-state index in [9.17, 15) is 4.79 Å². The average molecular weight is 231 g/mol. The van der Waals surface area contributed by atoms with Crippen molar-refractivity contribution in [3.05, 3.63) is 0 Å². The van der Waals surface area contributed by atoms with Crippen molar-refractivity contribution in [3.8, 4) is 0 Å². The average Bonchev–Trinajstić information content (AvgIpc) is 2.15. The van der Waals surface area contributed by atoms with Gasteiger partial charge in [-0.2, -0.15) is 0 Å². The van der Waals surface area contributed by atoms with Gasteiger partial charge in [0.05, 0.1) is 6.61 Å². The van der Waals surface area contributed by atoms with Gasteiger partial charge in [0.25, 0.3) is 0 Å². The van der Waals surface area contributed by atoms with Crippen LogP contribution in [0.3, 0.4) is 0 Å². The van der Waals surface area contributed by atoms with E-state index >= 15 is 0 Å². The lowest BCUT2D eigenvalue weighted by Gasteiger charge is -2.13. The largest absolute Gasteiger partial charge is 0.462 e. The summed E-state index contributed by atoms with van der Waals surface area (Å²) in [7, 11) is 0. The van der Waals surface area contributed by atoms with Crippen LogP contribution in [0.4, 0.5) is 0 Å². The zero-order valence-electron chi connectivity index (χ0n) is 10.9. The summed E-state index contributed by atoms with van der Waals surface area (Å²) in [4.78, 5) is 11.4. The molecule has 0 aliphatic carbocycles. The van der Waals surface area contributed by atoms with Crippen molar-refractivity contribution in [2.45, 2.75) is 40.2 Å². The summed E-state index contributed by atoms with van der Waals surface area (Å²) in [6.07, 6.45) is 0.658. The molecule has 0 fully saturated rings. The highest BCUT2D eigenvalue weighted by atomic mass is 16.6. The molecule has 0 aliphatic rings. The van der Waals surface area contributed by atoms with E-state index in [1.165, 1.54) is 0 Å². The van der Waals surface area contributed by atoms with Crippen LogP contribution in [0.15, 0.2) is 0 Å². The van der Waals surface area contributed by atoms with Gasteiger partial charge in [0.2, 0.25) is 0 Å². The minimum Gasteiger partial charge on any atom is -0.462 e. The number of ether oxygens (including phenoxy) is 2. The molecule has 0 aromatic heterocycles. The Bertz CT molecular complexity index is 193. The number of nitrogens with two attached hydrogens (primary N) is 1. The Balaban J connectivity index is 3.50. The van der Waals surface area contributed by atoms with E-state index in [4.69, 9.17) is 15.2 Å². The van der Waals surface area contributed by atoms with Crippen molar-refractivity contribution >= 4 is 5.97 Å². The van der Waals surface area contributed by atoms with Crippen LogP contribution in [0.1, 0.15) is 34.1 Å². The summed E-state index contributed by atoms with van der Waals surface area (Å²) in [6, 6.07) is -0.509. The third-order valence-corrected chi connectivity index (χ3v) is 1.95. The number of carbonyl (C=O) groups excluding carboxylic acids is 1. The van der Waals surface area contributed by atoms with Crippen molar-refractivity contribution in [3.63, 3.8) is 0 Å². The van der Waals surface area contributed by atoms with Crippen LogP contribution in [0.2, 0.25) is 0 Å². The molecular weight excluding hydrogens is 206 g/mol.